The number of aromatic nitrogens is 1. The first-order chi connectivity index (χ1) is 14.6. The van der Waals surface area contributed by atoms with Crippen LogP contribution in [0.2, 0.25) is 0 Å². The molecule has 7 heteroatoms. The van der Waals surface area contributed by atoms with Crippen molar-refractivity contribution in [2.75, 3.05) is 26.1 Å². The molecule has 1 heterocycles. The number of carbonyl (C=O) groups is 1. The maximum Gasteiger partial charge on any atom is 0.250 e. The molecule has 30 heavy (non-hydrogen) atoms. The highest BCUT2D eigenvalue weighted by atomic mass is 32.1. The summed E-state index contributed by atoms with van der Waals surface area (Å²) in [4.78, 5) is 16.8. The van der Waals surface area contributed by atoms with Crippen LogP contribution in [0.4, 0.5) is 5.13 Å². The number of nitrogens with zero attached hydrogens (tertiary/aromatic N) is 1. The van der Waals surface area contributed by atoms with Crippen LogP contribution in [0.25, 0.3) is 17.3 Å². The monoisotopic (exact) mass is 424 g/mol. The summed E-state index contributed by atoms with van der Waals surface area (Å²) in [6.07, 6.45) is 4.14. The van der Waals surface area contributed by atoms with E-state index < -0.39 is 0 Å². The Hall–Kier alpha value is -3.32. The predicted molar refractivity (Wildman–Crippen MR) is 121 cm³/mol. The molecule has 1 aromatic heterocycles. The number of hydrogen-bond acceptors (Lipinski definition) is 6. The van der Waals surface area contributed by atoms with Gasteiger partial charge in [0.15, 0.2) is 16.6 Å². The van der Waals surface area contributed by atoms with Crippen LogP contribution in [-0.4, -0.2) is 31.7 Å². The summed E-state index contributed by atoms with van der Waals surface area (Å²) < 4.78 is 16.3. The molecule has 0 spiro atoms. The molecule has 0 aliphatic heterocycles. The zero-order chi connectivity index (χ0) is 21.3. The van der Waals surface area contributed by atoms with Gasteiger partial charge < -0.3 is 14.2 Å². The zero-order valence-corrected chi connectivity index (χ0v) is 18.0. The lowest BCUT2D eigenvalue weighted by Crippen LogP contribution is -2.07. The molecule has 0 radical (unpaired) electrons. The fourth-order valence-electron chi connectivity index (χ4n) is 2.73. The Morgan fingerprint density at radius 3 is 2.67 bits per heavy atom. The van der Waals surface area contributed by atoms with Crippen molar-refractivity contribution in [3.8, 4) is 28.5 Å². The van der Waals surface area contributed by atoms with Crippen molar-refractivity contribution >= 4 is 28.5 Å². The summed E-state index contributed by atoms with van der Waals surface area (Å²) in [7, 11) is 3.18. The molecule has 0 fully saturated rings. The van der Waals surface area contributed by atoms with E-state index in [0.29, 0.717) is 23.2 Å². The third-order valence-electron chi connectivity index (χ3n) is 4.21. The molecule has 0 saturated heterocycles. The smallest absolute Gasteiger partial charge is 0.250 e. The van der Waals surface area contributed by atoms with Gasteiger partial charge in [-0.1, -0.05) is 25.1 Å². The molecular weight excluding hydrogens is 400 g/mol. The second-order valence-corrected chi connectivity index (χ2v) is 7.17. The molecular formula is C23H24N2O4S. The lowest BCUT2D eigenvalue weighted by Gasteiger charge is -2.08. The van der Waals surface area contributed by atoms with E-state index in [1.54, 1.807) is 20.3 Å². The minimum absolute atomic E-state index is 0.256. The Bertz CT molecular complexity index is 1030. The van der Waals surface area contributed by atoms with Crippen molar-refractivity contribution in [2.24, 2.45) is 0 Å². The van der Waals surface area contributed by atoms with E-state index in [-0.39, 0.29) is 5.91 Å². The molecule has 0 saturated carbocycles. The van der Waals surface area contributed by atoms with E-state index in [2.05, 4.69) is 17.2 Å². The van der Waals surface area contributed by atoms with Gasteiger partial charge in [0.25, 0.3) is 0 Å². The van der Waals surface area contributed by atoms with Crippen LogP contribution in [0, 0.1) is 0 Å². The average molecular weight is 425 g/mol. The molecule has 0 bridgehead atoms. The Balaban J connectivity index is 1.68. The lowest BCUT2D eigenvalue weighted by molar-refractivity contribution is -0.111. The van der Waals surface area contributed by atoms with Crippen LogP contribution >= 0.6 is 11.3 Å². The number of rotatable bonds is 9. The summed E-state index contributed by atoms with van der Waals surface area (Å²) in [6, 6.07) is 13.2. The first kappa shape index (κ1) is 21.4. The first-order valence-electron chi connectivity index (χ1n) is 9.53. The number of benzene rings is 2. The quantitative estimate of drug-likeness (QED) is 0.474. The maximum absolute atomic E-state index is 12.3. The van der Waals surface area contributed by atoms with E-state index in [0.717, 1.165) is 29.0 Å². The molecule has 0 atom stereocenters. The van der Waals surface area contributed by atoms with Gasteiger partial charge in [-0.2, -0.15) is 0 Å². The van der Waals surface area contributed by atoms with E-state index in [1.165, 1.54) is 17.4 Å². The highest BCUT2D eigenvalue weighted by Crippen LogP contribution is 2.33. The van der Waals surface area contributed by atoms with Crippen LogP contribution < -0.4 is 19.5 Å². The lowest BCUT2D eigenvalue weighted by atomic mass is 10.1. The summed E-state index contributed by atoms with van der Waals surface area (Å²) in [5.74, 6) is 1.78. The van der Waals surface area contributed by atoms with E-state index in [4.69, 9.17) is 14.2 Å². The molecule has 0 unspecified atom stereocenters. The number of nitrogens with one attached hydrogen (secondary N) is 1. The third-order valence-corrected chi connectivity index (χ3v) is 4.97. The summed E-state index contributed by atoms with van der Waals surface area (Å²) >= 11 is 1.36. The van der Waals surface area contributed by atoms with Crippen LogP contribution in [0.5, 0.6) is 17.2 Å². The van der Waals surface area contributed by atoms with Gasteiger partial charge in [0, 0.05) is 22.6 Å². The van der Waals surface area contributed by atoms with Gasteiger partial charge in [-0.05, 0) is 36.8 Å². The van der Waals surface area contributed by atoms with Crippen molar-refractivity contribution in [3.63, 3.8) is 0 Å². The van der Waals surface area contributed by atoms with Gasteiger partial charge in [-0.25, -0.2) is 4.98 Å². The highest BCUT2D eigenvalue weighted by molar-refractivity contribution is 7.14. The van der Waals surface area contributed by atoms with Crippen molar-refractivity contribution in [1.29, 1.82) is 0 Å². The molecule has 1 amide bonds. The Labute approximate surface area is 180 Å². The normalized spacial score (nSPS) is 10.8. The van der Waals surface area contributed by atoms with E-state index in [9.17, 15) is 4.79 Å². The minimum Gasteiger partial charge on any atom is -0.493 e. The molecule has 3 aromatic rings. The SMILES string of the molecule is CCCOc1ccccc1/C=C/C(=O)Nc1nc(-c2ccc(OC)c(OC)c2)cs1. The number of thiazole rings is 1. The highest BCUT2D eigenvalue weighted by Gasteiger charge is 2.10. The number of hydrogen-bond donors (Lipinski definition) is 1. The standard InChI is InChI=1S/C23H24N2O4S/c1-4-13-29-19-8-6-5-7-16(19)10-12-22(26)25-23-24-18(15-30-23)17-9-11-20(27-2)21(14-17)28-3/h5-12,14-15H,4,13H2,1-3H3,(H,24,25,26)/b12-10+. The molecule has 2 aromatic carbocycles. The Morgan fingerprint density at radius 1 is 1.10 bits per heavy atom. The van der Waals surface area contributed by atoms with Gasteiger partial charge in [-0.15, -0.1) is 11.3 Å². The number of para-hydroxylation sites is 1. The minimum atomic E-state index is -0.256. The summed E-state index contributed by atoms with van der Waals surface area (Å²) in [5.41, 5.74) is 2.48. The van der Waals surface area contributed by atoms with Crippen LogP contribution in [0.15, 0.2) is 53.9 Å². The van der Waals surface area contributed by atoms with Crippen LogP contribution in [0.3, 0.4) is 0 Å². The van der Waals surface area contributed by atoms with Crippen molar-refractivity contribution < 1.29 is 19.0 Å². The molecule has 0 aliphatic rings. The number of methoxy groups -OCH3 is 2. The van der Waals surface area contributed by atoms with Crippen LogP contribution in [-0.2, 0) is 4.79 Å². The third kappa shape index (κ3) is 5.39. The molecule has 6 nitrogen and oxygen atoms in total. The van der Waals surface area contributed by atoms with E-state index >= 15 is 0 Å². The number of ether oxygens (including phenoxy) is 3. The molecule has 0 aliphatic carbocycles. The van der Waals surface area contributed by atoms with Gasteiger partial charge >= 0.3 is 0 Å². The second-order valence-electron chi connectivity index (χ2n) is 6.32. The Morgan fingerprint density at radius 2 is 1.90 bits per heavy atom. The van der Waals surface area contributed by atoms with Gasteiger partial charge in [0.05, 0.1) is 26.5 Å². The fourth-order valence-corrected chi connectivity index (χ4v) is 3.46. The van der Waals surface area contributed by atoms with Crippen LogP contribution in [0.1, 0.15) is 18.9 Å². The first-order valence-corrected chi connectivity index (χ1v) is 10.4. The molecule has 156 valence electrons. The number of carbonyl (C=O) groups excluding carboxylic acids is 1. The number of amides is 1. The summed E-state index contributed by atoms with van der Waals surface area (Å²) in [5, 5.41) is 5.20. The average Bonchev–Trinajstić information content (AvgIpc) is 3.24. The maximum atomic E-state index is 12.3. The predicted octanol–water partition coefficient (Wildman–Crippen LogP) is 5.27. The van der Waals surface area contributed by atoms with Gasteiger partial charge in [0.1, 0.15) is 5.75 Å². The van der Waals surface area contributed by atoms with E-state index in [1.807, 2.05) is 47.8 Å². The second kappa shape index (κ2) is 10.5. The fraction of sp³-hybridized carbons (Fsp3) is 0.217. The molecule has 3 rings (SSSR count). The van der Waals surface area contributed by atoms with Crippen molar-refractivity contribution in [3.05, 3.63) is 59.5 Å². The van der Waals surface area contributed by atoms with Gasteiger partial charge in [-0.3, -0.25) is 10.1 Å². The molecule has 1 N–H and O–H groups in total. The zero-order valence-electron chi connectivity index (χ0n) is 17.2. The number of anilines is 1. The van der Waals surface area contributed by atoms with Gasteiger partial charge in [0.2, 0.25) is 5.91 Å². The Kier molecular flexibility index (Phi) is 7.45. The van der Waals surface area contributed by atoms with Crippen molar-refractivity contribution in [1.82, 2.24) is 4.98 Å². The topological polar surface area (TPSA) is 69.7 Å². The van der Waals surface area contributed by atoms with Crippen molar-refractivity contribution in [2.45, 2.75) is 13.3 Å². The summed E-state index contributed by atoms with van der Waals surface area (Å²) in [6.45, 7) is 2.69. The largest absolute Gasteiger partial charge is 0.493 e.